The van der Waals surface area contributed by atoms with Gasteiger partial charge in [0.15, 0.2) is 0 Å². The molecule has 0 radical (unpaired) electrons. The Hall–Kier alpha value is -1.15. The van der Waals surface area contributed by atoms with Gasteiger partial charge in [0.05, 0.1) is 0 Å². The molecule has 2 N–H and O–H groups in total. The summed E-state index contributed by atoms with van der Waals surface area (Å²) in [7, 11) is 0. The van der Waals surface area contributed by atoms with Crippen LogP contribution >= 0.6 is 0 Å². The average molecular weight is 205 g/mol. The second kappa shape index (κ2) is 5.66. The Balaban J connectivity index is 2.52. The Labute approximate surface area is 91.5 Å². The maximum atomic E-state index is 10.8. The number of Topliss-reactive ketones (excluding diaryl/α,β-unsaturated/α-hetero) is 1. The highest BCUT2D eigenvalue weighted by atomic mass is 16.1. The fourth-order valence-corrected chi connectivity index (χ4v) is 1.53. The Bertz CT molecular complexity index is 314. The van der Waals surface area contributed by atoms with Gasteiger partial charge in [0.1, 0.15) is 5.78 Å². The van der Waals surface area contributed by atoms with E-state index in [9.17, 15) is 4.79 Å². The molecule has 1 unspecified atom stereocenters. The van der Waals surface area contributed by atoms with Gasteiger partial charge in [-0.2, -0.15) is 0 Å². The lowest BCUT2D eigenvalue weighted by Crippen LogP contribution is -2.17. The molecule has 0 aliphatic carbocycles. The summed E-state index contributed by atoms with van der Waals surface area (Å²) in [5, 5.41) is 0. The van der Waals surface area contributed by atoms with Crippen molar-refractivity contribution in [3.8, 4) is 0 Å². The first-order valence-corrected chi connectivity index (χ1v) is 5.41. The van der Waals surface area contributed by atoms with E-state index in [0.29, 0.717) is 6.42 Å². The van der Waals surface area contributed by atoms with Crippen LogP contribution in [0, 0.1) is 0 Å². The third-order valence-corrected chi connectivity index (χ3v) is 2.35. The zero-order valence-corrected chi connectivity index (χ0v) is 9.49. The summed E-state index contributed by atoms with van der Waals surface area (Å²) in [6.45, 7) is 3.63. The van der Waals surface area contributed by atoms with E-state index in [0.717, 1.165) is 12.8 Å². The molecule has 2 nitrogen and oxygen atoms in total. The van der Waals surface area contributed by atoms with Crippen LogP contribution in [-0.4, -0.2) is 11.8 Å². The van der Waals surface area contributed by atoms with Crippen molar-refractivity contribution < 1.29 is 4.79 Å². The average Bonchev–Trinajstić information content (AvgIpc) is 2.16. The highest BCUT2D eigenvalue weighted by Crippen LogP contribution is 2.08. The van der Waals surface area contributed by atoms with Crippen LogP contribution < -0.4 is 5.73 Å². The summed E-state index contributed by atoms with van der Waals surface area (Å²) in [4.78, 5) is 10.8. The van der Waals surface area contributed by atoms with E-state index in [-0.39, 0.29) is 11.8 Å². The maximum absolute atomic E-state index is 10.8. The van der Waals surface area contributed by atoms with Gasteiger partial charge in [-0.3, -0.25) is 0 Å². The number of nitrogens with two attached hydrogens (primary N) is 1. The summed E-state index contributed by atoms with van der Waals surface area (Å²) >= 11 is 0. The topological polar surface area (TPSA) is 43.1 Å². The molecule has 0 aromatic heterocycles. The molecule has 15 heavy (non-hydrogen) atoms. The van der Waals surface area contributed by atoms with Gasteiger partial charge in [-0.15, -0.1) is 0 Å². The van der Waals surface area contributed by atoms with E-state index in [1.807, 2.05) is 6.92 Å². The van der Waals surface area contributed by atoms with Gasteiger partial charge in [0.2, 0.25) is 0 Å². The number of rotatable bonds is 5. The number of carbonyl (C=O) groups is 1. The van der Waals surface area contributed by atoms with E-state index < -0.39 is 0 Å². The first-order valence-electron chi connectivity index (χ1n) is 5.41. The molecule has 0 aliphatic rings. The molecule has 1 aromatic rings. The number of carbonyl (C=O) groups excluding carboxylic acids is 1. The third kappa shape index (κ3) is 4.75. The number of aryl methyl sites for hydroxylation is 1. The summed E-state index contributed by atoms with van der Waals surface area (Å²) in [5.74, 6) is 0.245. The van der Waals surface area contributed by atoms with Crippen molar-refractivity contribution in [1.82, 2.24) is 0 Å². The lowest BCUT2D eigenvalue weighted by molar-refractivity contribution is -0.116. The quantitative estimate of drug-likeness (QED) is 0.800. The van der Waals surface area contributed by atoms with Crippen LogP contribution in [-0.2, 0) is 17.6 Å². The molecule has 0 fully saturated rings. The molecule has 2 heteroatoms. The molecule has 0 spiro atoms. The predicted molar refractivity (Wildman–Crippen MR) is 62.8 cm³/mol. The number of hydrogen-bond donors (Lipinski definition) is 1. The van der Waals surface area contributed by atoms with Crippen molar-refractivity contribution in [3.05, 3.63) is 35.4 Å². The van der Waals surface area contributed by atoms with Gasteiger partial charge in [-0.1, -0.05) is 24.3 Å². The standard InChI is InChI=1S/C13H19NO/c1-10(14)9-13-7-5-12(6-8-13)4-3-11(2)15/h5-8,10H,3-4,9,14H2,1-2H3. The van der Waals surface area contributed by atoms with Crippen LogP contribution in [0.15, 0.2) is 24.3 Å². The molecule has 1 aromatic carbocycles. The lowest BCUT2D eigenvalue weighted by Gasteiger charge is -2.06. The highest BCUT2D eigenvalue weighted by molar-refractivity contribution is 5.75. The molecule has 0 saturated heterocycles. The van der Waals surface area contributed by atoms with Crippen LogP contribution in [0.25, 0.3) is 0 Å². The minimum absolute atomic E-state index is 0.202. The molecule has 1 rings (SSSR count). The molecular formula is C13H19NO. The zero-order valence-electron chi connectivity index (χ0n) is 9.49. The van der Waals surface area contributed by atoms with Crippen LogP contribution in [0.1, 0.15) is 31.4 Å². The third-order valence-electron chi connectivity index (χ3n) is 2.35. The molecule has 0 heterocycles. The van der Waals surface area contributed by atoms with Crippen molar-refractivity contribution in [2.45, 2.75) is 39.2 Å². The van der Waals surface area contributed by atoms with E-state index in [4.69, 9.17) is 5.73 Å². The van der Waals surface area contributed by atoms with E-state index in [1.165, 1.54) is 11.1 Å². The highest BCUT2D eigenvalue weighted by Gasteiger charge is 1.99. The van der Waals surface area contributed by atoms with Crippen molar-refractivity contribution in [2.24, 2.45) is 5.73 Å². The number of benzene rings is 1. The fraction of sp³-hybridized carbons (Fsp3) is 0.462. The van der Waals surface area contributed by atoms with Gasteiger partial charge in [-0.05, 0) is 37.8 Å². The van der Waals surface area contributed by atoms with Gasteiger partial charge in [0.25, 0.3) is 0 Å². The number of ketones is 1. The predicted octanol–water partition coefficient (Wildman–Crippen LogP) is 2.10. The van der Waals surface area contributed by atoms with Crippen molar-refractivity contribution >= 4 is 5.78 Å². The van der Waals surface area contributed by atoms with E-state index in [1.54, 1.807) is 6.92 Å². The summed E-state index contributed by atoms with van der Waals surface area (Å²) < 4.78 is 0. The first-order chi connectivity index (χ1) is 7.08. The van der Waals surface area contributed by atoms with Gasteiger partial charge >= 0.3 is 0 Å². The summed E-state index contributed by atoms with van der Waals surface area (Å²) in [6, 6.07) is 8.56. The van der Waals surface area contributed by atoms with Crippen molar-refractivity contribution in [2.75, 3.05) is 0 Å². The largest absolute Gasteiger partial charge is 0.328 e. The Kier molecular flexibility index (Phi) is 4.50. The van der Waals surface area contributed by atoms with Crippen LogP contribution in [0.3, 0.4) is 0 Å². The molecule has 82 valence electrons. The first kappa shape index (κ1) is 11.9. The molecule has 0 aliphatic heterocycles. The van der Waals surface area contributed by atoms with Gasteiger partial charge < -0.3 is 10.5 Å². The Morgan fingerprint density at radius 1 is 1.27 bits per heavy atom. The molecule has 1 atom stereocenters. The van der Waals surface area contributed by atoms with Gasteiger partial charge in [-0.25, -0.2) is 0 Å². The van der Waals surface area contributed by atoms with Crippen molar-refractivity contribution in [1.29, 1.82) is 0 Å². The zero-order chi connectivity index (χ0) is 11.3. The van der Waals surface area contributed by atoms with Crippen molar-refractivity contribution in [3.63, 3.8) is 0 Å². The van der Waals surface area contributed by atoms with E-state index in [2.05, 4.69) is 24.3 Å². The van der Waals surface area contributed by atoms with E-state index >= 15 is 0 Å². The van der Waals surface area contributed by atoms with Crippen LogP contribution in [0.5, 0.6) is 0 Å². The van der Waals surface area contributed by atoms with Gasteiger partial charge in [0, 0.05) is 12.5 Å². The normalized spacial score (nSPS) is 12.5. The molecule has 0 amide bonds. The SMILES string of the molecule is CC(=O)CCc1ccc(CC(C)N)cc1. The van der Waals surface area contributed by atoms with Crippen LogP contribution in [0.4, 0.5) is 0 Å². The minimum Gasteiger partial charge on any atom is -0.328 e. The second-order valence-corrected chi connectivity index (χ2v) is 4.20. The summed E-state index contributed by atoms with van der Waals surface area (Å²) in [6.07, 6.45) is 2.38. The molecule has 0 bridgehead atoms. The number of hydrogen-bond acceptors (Lipinski definition) is 2. The fourth-order valence-electron chi connectivity index (χ4n) is 1.53. The second-order valence-electron chi connectivity index (χ2n) is 4.20. The maximum Gasteiger partial charge on any atom is 0.130 e. The minimum atomic E-state index is 0.202. The summed E-state index contributed by atoms with van der Waals surface area (Å²) in [5.41, 5.74) is 8.20. The Morgan fingerprint density at radius 2 is 1.80 bits per heavy atom. The molecular weight excluding hydrogens is 186 g/mol. The van der Waals surface area contributed by atoms with Crippen LogP contribution in [0.2, 0.25) is 0 Å². The molecule has 0 saturated carbocycles. The lowest BCUT2D eigenvalue weighted by atomic mass is 10.0. The monoisotopic (exact) mass is 205 g/mol. The Morgan fingerprint density at radius 3 is 2.27 bits per heavy atom. The smallest absolute Gasteiger partial charge is 0.130 e.